The molecule has 1 aliphatic rings. The van der Waals surface area contributed by atoms with Crippen LogP contribution in [0.5, 0.6) is 5.75 Å². The standard InChI is InChI=1S/C14H17NO4/c1-4-12(16)10-5-6-13-11(7-10)15(8-18-3)14(17)9(2)19-13/h5-7,9H,4,8H2,1-3H3. The number of Topliss-reactive ketones (excluding diaryl/α,β-unsaturated/α-hetero) is 1. The number of amides is 1. The summed E-state index contributed by atoms with van der Waals surface area (Å²) in [6.45, 7) is 3.64. The van der Waals surface area contributed by atoms with Crippen molar-refractivity contribution in [2.45, 2.75) is 26.4 Å². The van der Waals surface area contributed by atoms with E-state index in [1.54, 1.807) is 32.0 Å². The zero-order valence-electron chi connectivity index (χ0n) is 11.3. The summed E-state index contributed by atoms with van der Waals surface area (Å²) in [7, 11) is 1.52. The van der Waals surface area contributed by atoms with E-state index in [0.717, 1.165) is 0 Å². The molecule has 0 saturated heterocycles. The summed E-state index contributed by atoms with van der Waals surface area (Å²) in [5.41, 5.74) is 1.16. The molecule has 0 aromatic heterocycles. The zero-order chi connectivity index (χ0) is 14.0. The molecule has 102 valence electrons. The number of fused-ring (bicyclic) bond motifs is 1. The van der Waals surface area contributed by atoms with Crippen molar-refractivity contribution in [2.24, 2.45) is 0 Å². The Labute approximate surface area is 112 Å². The molecule has 0 N–H and O–H groups in total. The maximum atomic E-state index is 12.1. The SMILES string of the molecule is CCC(=O)c1ccc2c(c1)N(COC)C(=O)C(C)O2. The molecule has 0 radical (unpaired) electrons. The van der Waals surface area contributed by atoms with Gasteiger partial charge in [0.05, 0.1) is 5.69 Å². The summed E-state index contributed by atoms with van der Waals surface area (Å²) >= 11 is 0. The fourth-order valence-corrected chi connectivity index (χ4v) is 2.05. The second-order valence-electron chi connectivity index (χ2n) is 4.40. The molecular weight excluding hydrogens is 246 g/mol. The molecule has 1 amide bonds. The highest BCUT2D eigenvalue weighted by atomic mass is 16.5. The van der Waals surface area contributed by atoms with Gasteiger partial charge in [-0.05, 0) is 25.1 Å². The molecule has 0 fully saturated rings. The van der Waals surface area contributed by atoms with Crippen molar-refractivity contribution in [3.8, 4) is 5.75 Å². The maximum absolute atomic E-state index is 12.1. The van der Waals surface area contributed by atoms with Crippen LogP contribution >= 0.6 is 0 Å². The largest absolute Gasteiger partial charge is 0.479 e. The Morgan fingerprint density at radius 2 is 2.21 bits per heavy atom. The third-order valence-corrected chi connectivity index (χ3v) is 3.07. The Bertz CT molecular complexity index is 512. The van der Waals surface area contributed by atoms with E-state index in [-0.39, 0.29) is 18.4 Å². The number of hydrogen-bond acceptors (Lipinski definition) is 4. The quantitative estimate of drug-likeness (QED) is 0.780. The predicted molar refractivity (Wildman–Crippen MR) is 70.5 cm³/mol. The van der Waals surface area contributed by atoms with Crippen LogP contribution in [0.2, 0.25) is 0 Å². The first-order valence-corrected chi connectivity index (χ1v) is 6.22. The van der Waals surface area contributed by atoms with Crippen LogP contribution in [0.25, 0.3) is 0 Å². The molecule has 1 aliphatic heterocycles. The molecule has 0 bridgehead atoms. The molecule has 0 spiro atoms. The molecular formula is C14H17NO4. The van der Waals surface area contributed by atoms with Gasteiger partial charge in [0.25, 0.3) is 5.91 Å². The van der Waals surface area contributed by atoms with Crippen molar-refractivity contribution in [1.82, 2.24) is 0 Å². The first-order chi connectivity index (χ1) is 9.08. The lowest BCUT2D eigenvalue weighted by molar-refractivity contribution is -0.126. The Morgan fingerprint density at radius 3 is 2.84 bits per heavy atom. The first kappa shape index (κ1) is 13.5. The Morgan fingerprint density at radius 1 is 1.47 bits per heavy atom. The fraction of sp³-hybridized carbons (Fsp3) is 0.429. The number of hydrogen-bond donors (Lipinski definition) is 0. The van der Waals surface area contributed by atoms with E-state index in [1.165, 1.54) is 12.0 Å². The molecule has 2 rings (SSSR count). The number of carbonyl (C=O) groups is 2. The van der Waals surface area contributed by atoms with Crippen LogP contribution in [0.3, 0.4) is 0 Å². The number of rotatable bonds is 4. The number of methoxy groups -OCH3 is 1. The van der Waals surface area contributed by atoms with Gasteiger partial charge in [0.1, 0.15) is 12.5 Å². The van der Waals surface area contributed by atoms with Crippen molar-refractivity contribution in [3.05, 3.63) is 23.8 Å². The van der Waals surface area contributed by atoms with Gasteiger partial charge in [-0.3, -0.25) is 14.5 Å². The number of benzene rings is 1. The van der Waals surface area contributed by atoms with Crippen molar-refractivity contribution >= 4 is 17.4 Å². The maximum Gasteiger partial charge on any atom is 0.269 e. The smallest absolute Gasteiger partial charge is 0.269 e. The number of nitrogens with zero attached hydrogens (tertiary/aromatic N) is 1. The minimum atomic E-state index is -0.546. The third-order valence-electron chi connectivity index (χ3n) is 3.07. The predicted octanol–water partition coefficient (Wildman–Crippen LogP) is 2.00. The summed E-state index contributed by atoms with van der Waals surface area (Å²) in [6.07, 6.45) is -0.121. The van der Waals surface area contributed by atoms with Gasteiger partial charge in [0.2, 0.25) is 0 Å². The number of ether oxygens (including phenoxy) is 2. The molecule has 1 unspecified atom stereocenters. The molecule has 0 aliphatic carbocycles. The summed E-state index contributed by atoms with van der Waals surface area (Å²) in [5.74, 6) is 0.457. The summed E-state index contributed by atoms with van der Waals surface area (Å²) in [4.78, 5) is 25.3. The Kier molecular flexibility index (Phi) is 3.85. The molecule has 0 saturated carbocycles. The molecule has 5 heteroatoms. The lowest BCUT2D eigenvalue weighted by Gasteiger charge is -2.32. The van der Waals surface area contributed by atoms with E-state index in [0.29, 0.717) is 23.4 Å². The van der Waals surface area contributed by atoms with Gasteiger partial charge in [0.15, 0.2) is 11.9 Å². The summed E-state index contributed by atoms with van der Waals surface area (Å²) < 4.78 is 10.6. The highest BCUT2D eigenvalue weighted by molar-refractivity contribution is 6.02. The lowest BCUT2D eigenvalue weighted by atomic mass is 10.1. The highest BCUT2D eigenvalue weighted by Crippen LogP contribution is 2.35. The second kappa shape index (κ2) is 5.40. The van der Waals surface area contributed by atoms with E-state index in [9.17, 15) is 9.59 Å². The van der Waals surface area contributed by atoms with Crippen molar-refractivity contribution in [2.75, 3.05) is 18.7 Å². The van der Waals surface area contributed by atoms with E-state index in [2.05, 4.69) is 0 Å². The van der Waals surface area contributed by atoms with Crippen molar-refractivity contribution in [1.29, 1.82) is 0 Å². The van der Waals surface area contributed by atoms with Gasteiger partial charge in [-0.2, -0.15) is 0 Å². The molecule has 1 aromatic rings. The van der Waals surface area contributed by atoms with Gasteiger partial charge in [-0.1, -0.05) is 6.92 Å². The van der Waals surface area contributed by atoms with Crippen LogP contribution in [0.15, 0.2) is 18.2 Å². The van der Waals surface area contributed by atoms with Crippen LogP contribution < -0.4 is 9.64 Å². The Balaban J connectivity index is 2.45. The number of ketones is 1. The zero-order valence-corrected chi connectivity index (χ0v) is 11.3. The third kappa shape index (κ3) is 2.46. The second-order valence-corrected chi connectivity index (χ2v) is 4.40. The van der Waals surface area contributed by atoms with E-state index in [4.69, 9.17) is 9.47 Å². The van der Waals surface area contributed by atoms with Crippen LogP contribution in [-0.4, -0.2) is 31.6 Å². The van der Waals surface area contributed by atoms with Crippen LogP contribution in [-0.2, 0) is 9.53 Å². The van der Waals surface area contributed by atoms with Gasteiger partial charge >= 0.3 is 0 Å². The molecule has 1 aromatic carbocycles. The monoisotopic (exact) mass is 263 g/mol. The van der Waals surface area contributed by atoms with E-state index in [1.807, 2.05) is 0 Å². The van der Waals surface area contributed by atoms with Gasteiger partial charge in [-0.15, -0.1) is 0 Å². The van der Waals surface area contributed by atoms with Crippen LogP contribution in [0, 0.1) is 0 Å². The topological polar surface area (TPSA) is 55.8 Å². The number of anilines is 1. The van der Waals surface area contributed by atoms with Crippen molar-refractivity contribution < 1.29 is 19.1 Å². The molecule has 1 atom stereocenters. The molecule has 19 heavy (non-hydrogen) atoms. The normalized spacial score (nSPS) is 17.9. The van der Waals surface area contributed by atoms with Crippen LogP contribution in [0.1, 0.15) is 30.6 Å². The molecule has 5 nitrogen and oxygen atoms in total. The average Bonchev–Trinajstić information content (AvgIpc) is 2.42. The van der Waals surface area contributed by atoms with Gasteiger partial charge in [0, 0.05) is 19.1 Å². The molecule has 1 heterocycles. The fourth-order valence-electron chi connectivity index (χ4n) is 2.05. The van der Waals surface area contributed by atoms with Crippen LogP contribution in [0.4, 0.5) is 5.69 Å². The van der Waals surface area contributed by atoms with E-state index >= 15 is 0 Å². The minimum Gasteiger partial charge on any atom is -0.479 e. The minimum absolute atomic E-state index is 0.0336. The Hall–Kier alpha value is -1.88. The first-order valence-electron chi connectivity index (χ1n) is 6.22. The van der Waals surface area contributed by atoms with Gasteiger partial charge in [-0.25, -0.2) is 0 Å². The van der Waals surface area contributed by atoms with Crippen molar-refractivity contribution in [3.63, 3.8) is 0 Å². The highest BCUT2D eigenvalue weighted by Gasteiger charge is 2.31. The van der Waals surface area contributed by atoms with E-state index < -0.39 is 6.10 Å². The summed E-state index contributed by atoms with van der Waals surface area (Å²) in [5, 5.41) is 0. The summed E-state index contributed by atoms with van der Waals surface area (Å²) in [6, 6.07) is 5.13. The average molecular weight is 263 g/mol. The lowest BCUT2D eigenvalue weighted by Crippen LogP contribution is -2.45. The van der Waals surface area contributed by atoms with Gasteiger partial charge < -0.3 is 9.47 Å². The number of carbonyl (C=O) groups excluding carboxylic acids is 2.